The number of amides is 4. The Bertz CT molecular complexity index is 6120. The molecule has 0 atom stereocenters. The van der Waals surface area contributed by atoms with E-state index in [1.807, 2.05) is 217 Å². The van der Waals surface area contributed by atoms with Crippen molar-refractivity contribution in [2.45, 2.75) is 6.54 Å². The van der Waals surface area contributed by atoms with Crippen LogP contribution in [0.4, 0.5) is 22.7 Å². The number of imidazole rings is 4. The van der Waals surface area contributed by atoms with Crippen LogP contribution in [0.25, 0.3) is 108 Å². The maximum Gasteiger partial charge on any atom is 2.00 e. The van der Waals surface area contributed by atoms with Gasteiger partial charge in [-0.05, 0) is 118 Å². The molecular weight excluding hydrogens is 1370 g/mol. The van der Waals surface area contributed by atoms with E-state index in [1.54, 1.807) is 72.5 Å². The molecule has 4 N–H and O–H groups in total. The van der Waals surface area contributed by atoms with Crippen molar-refractivity contribution in [1.82, 2.24) is 58.1 Å². The Labute approximate surface area is 617 Å². The number of anilines is 4. The van der Waals surface area contributed by atoms with E-state index in [4.69, 9.17) is 31.1 Å². The minimum atomic E-state index is -0.463. The molecule has 0 saturated carbocycles. The van der Waals surface area contributed by atoms with E-state index in [9.17, 15) is 14.4 Å². The topological polar surface area (TPSA) is 251 Å². The van der Waals surface area contributed by atoms with E-state index in [0.717, 1.165) is 22.4 Å². The van der Waals surface area contributed by atoms with Crippen LogP contribution in [0.2, 0.25) is 0 Å². The first kappa shape index (κ1) is 67.6. The number of rotatable bonds is 17. The van der Waals surface area contributed by atoms with Gasteiger partial charge in [0.25, 0.3) is 23.6 Å². The van der Waals surface area contributed by atoms with Crippen LogP contribution >= 0.6 is 0 Å². The van der Waals surface area contributed by atoms with Crippen LogP contribution in [-0.4, -0.2) is 78.9 Å². The first-order valence-electron chi connectivity index (χ1n) is 33.4. The molecule has 8 bridgehead atoms. The molecule has 2 aliphatic rings. The molecule has 16 rings (SSSR count). The summed E-state index contributed by atoms with van der Waals surface area (Å²) in [6, 6.07) is 60.0. The molecular formula is C84H60FeN16O5. The van der Waals surface area contributed by atoms with Crippen LogP contribution in [0.15, 0.2) is 244 Å². The van der Waals surface area contributed by atoms with Gasteiger partial charge in [-0.2, -0.15) is 0 Å². The van der Waals surface area contributed by atoms with Crippen molar-refractivity contribution in [3.8, 4) is 79.5 Å². The van der Waals surface area contributed by atoms with Crippen LogP contribution in [-0.2, 0) is 37.7 Å². The molecule has 0 fully saturated rings. The van der Waals surface area contributed by atoms with Crippen LogP contribution in [0, 0.1) is 12.3 Å². The third-order valence-corrected chi connectivity index (χ3v) is 18.3. The first-order valence-corrected chi connectivity index (χ1v) is 33.4. The summed E-state index contributed by atoms with van der Waals surface area (Å²) in [6.45, 7) is 0.424. The summed E-state index contributed by atoms with van der Waals surface area (Å²) in [5.74, 6) is 1.60. The second-order valence-electron chi connectivity index (χ2n) is 24.8. The Morgan fingerprint density at radius 1 is 0.453 bits per heavy atom. The number of aromatic nitrogens is 12. The molecule has 514 valence electrons. The number of methoxy groups -OCH3 is 1. The van der Waals surface area contributed by atoms with E-state index in [-0.39, 0.29) is 28.7 Å². The molecule has 0 radical (unpaired) electrons. The standard InChI is InChI=1S/C84H62N16O5.Fe/c1-5-51-29-31-53(32-30-51)72-42-87-49-99(72)46-52-17-16-18-54(41-52)81(101)93-59-23-10-6-19-55(59)77-63-33-35-65(89-63)78(56-20-7-11-24-60(56)94-82(102)73-43-85-47-97(73)2)66-37-38-67(91-66)79(57-21-8-12-25-61(57)95-83(103)74-44-86-48-98(74)3)68-39-40-70(92-68)80(69-36-34-64(77)90-69)58-22-9-13-26-62(58)96-84(104)75-45-88-50-100(75)71-27-14-15-28-76(71)105-4;/h1,6-45,47-50H,46H2,2-4H3,(H6,89,90,91,92,93,94,95,96,101,102,103,104);/q;+2/p-2. The van der Waals surface area contributed by atoms with Crippen LogP contribution in [0.5, 0.6) is 5.75 Å². The monoisotopic (exact) mass is 1430 g/mol. The number of hydrogen-bond donors (Lipinski definition) is 4. The van der Waals surface area contributed by atoms with Gasteiger partial charge in [0, 0.05) is 76.8 Å². The maximum absolute atomic E-state index is 15.0. The quantitative estimate of drug-likeness (QED) is 0.0490. The van der Waals surface area contributed by atoms with Gasteiger partial charge in [0.1, 0.15) is 22.8 Å². The first-order chi connectivity index (χ1) is 51.4. The molecule has 0 spiro atoms. The molecule has 7 aromatic carbocycles. The Morgan fingerprint density at radius 3 is 1.32 bits per heavy atom. The summed E-state index contributed by atoms with van der Waals surface area (Å²) >= 11 is 0. The van der Waals surface area contributed by atoms with Gasteiger partial charge in [0.15, 0.2) is 0 Å². The Kier molecular flexibility index (Phi) is 18.5. The second kappa shape index (κ2) is 29.0. The summed E-state index contributed by atoms with van der Waals surface area (Å²) in [6.07, 6.45) is 26.0. The average molecular weight is 1430 g/mol. The number of nitrogens with zero attached hydrogens (tertiary/aromatic N) is 12. The summed E-state index contributed by atoms with van der Waals surface area (Å²) in [5, 5.41) is 12.8. The fraction of sp³-hybridized carbons (Fsp3) is 0.0476. The number of para-hydroxylation sites is 6. The number of fused-ring (bicyclic) bond motifs is 8. The Hall–Kier alpha value is -14.3. The van der Waals surface area contributed by atoms with Crippen molar-refractivity contribution >= 4 is 92.7 Å². The zero-order valence-corrected chi connectivity index (χ0v) is 58.1. The van der Waals surface area contributed by atoms with Crippen LogP contribution in [0.3, 0.4) is 0 Å². The van der Waals surface area contributed by atoms with E-state index in [1.165, 1.54) is 18.6 Å². The molecule has 0 saturated heterocycles. The average Bonchev–Trinajstić information content (AvgIpc) is 1.59. The number of terminal acetylenes is 1. The van der Waals surface area contributed by atoms with Crippen LogP contribution < -0.4 is 36.0 Å². The maximum atomic E-state index is 15.0. The van der Waals surface area contributed by atoms with Gasteiger partial charge in [-0.25, -0.2) is 29.9 Å². The van der Waals surface area contributed by atoms with Gasteiger partial charge in [0.05, 0.1) is 91.4 Å². The summed E-state index contributed by atoms with van der Waals surface area (Å²) in [7, 11) is 5.07. The summed E-state index contributed by atoms with van der Waals surface area (Å²) in [4.78, 5) is 98.1. The molecule has 0 aliphatic carbocycles. The SMILES string of the molecule is C#Cc1ccc(-c2cncn2Cc2cccc(C(=O)Nc3ccccc3-c3c4nc(c(-c5ccccc5NC(=O)c5cncn5C)c5ccc([n-]5)c(-c5ccccc5NC(=O)c5cncn5C)c5nc(c(-c6ccccc6NC(=O)c6cncn6-c6ccccc6OC)c6ccc3[n-]6)C=C5)C=C4)c2)cc1.[Fe+2]. The summed E-state index contributed by atoms with van der Waals surface area (Å²) in [5.41, 5.74) is 15.4. The van der Waals surface area contributed by atoms with Gasteiger partial charge in [-0.1, -0.05) is 139 Å². The molecule has 106 heavy (non-hydrogen) atoms. The van der Waals surface area contributed by atoms with Crippen molar-refractivity contribution in [2.24, 2.45) is 14.1 Å². The fourth-order valence-electron chi connectivity index (χ4n) is 13.3. The minimum absolute atomic E-state index is 0. The second-order valence-corrected chi connectivity index (χ2v) is 24.8. The van der Waals surface area contributed by atoms with E-state index < -0.39 is 17.7 Å². The van der Waals surface area contributed by atoms with Crippen molar-refractivity contribution < 1.29 is 41.0 Å². The largest absolute Gasteiger partial charge is 2.00 e. The van der Waals surface area contributed by atoms with Crippen molar-refractivity contribution in [3.05, 3.63) is 301 Å². The van der Waals surface area contributed by atoms with E-state index in [2.05, 4.69) is 47.1 Å². The molecule has 22 heteroatoms. The zero-order valence-electron chi connectivity index (χ0n) is 56.9. The normalized spacial score (nSPS) is 11.4. The third kappa shape index (κ3) is 13.0. The van der Waals surface area contributed by atoms with E-state index in [0.29, 0.717) is 147 Å². The molecule has 0 unspecified atom stereocenters. The molecule has 4 amide bonds. The van der Waals surface area contributed by atoms with Crippen LogP contribution in [0.1, 0.15) is 75.7 Å². The minimum Gasteiger partial charge on any atom is -0.657 e. The van der Waals surface area contributed by atoms with E-state index >= 15 is 4.79 Å². The van der Waals surface area contributed by atoms with Gasteiger partial charge >= 0.3 is 17.1 Å². The zero-order chi connectivity index (χ0) is 71.7. The molecule has 14 aromatic rings. The van der Waals surface area contributed by atoms with Crippen molar-refractivity contribution in [3.63, 3.8) is 0 Å². The van der Waals surface area contributed by atoms with Gasteiger partial charge < -0.3 is 49.7 Å². The molecule has 7 aromatic heterocycles. The number of aryl methyl sites for hydroxylation is 2. The predicted octanol–water partition coefficient (Wildman–Crippen LogP) is 15.1. The van der Waals surface area contributed by atoms with Crippen molar-refractivity contribution in [1.29, 1.82) is 0 Å². The number of nitrogens with one attached hydrogen (secondary N) is 4. The predicted molar refractivity (Wildman–Crippen MR) is 408 cm³/mol. The Morgan fingerprint density at radius 2 is 0.868 bits per heavy atom. The molecule has 9 heterocycles. The van der Waals surface area contributed by atoms with Crippen molar-refractivity contribution in [2.75, 3.05) is 28.4 Å². The van der Waals surface area contributed by atoms with Gasteiger partial charge in [0.2, 0.25) is 0 Å². The smallest absolute Gasteiger partial charge is 0.657 e. The fourth-order valence-corrected chi connectivity index (χ4v) is 13.3. The molecule has 2 aliphatic heterocycles. The number of carbonyl (C=O) groups is 4. The third-order valence-electron chi connectivity index (χ3n) is 18.3. The number of carbonyl (C=O) groups excluding carboxylic acids is 4. The van der Waals surface area contributed by atoms with Gasteiger partial charge in [-0.15, -0.1) is 28.5 Å². The number of benzene rings is 7. The number of hydrogen-bond acceptors (Lipinski definition) is 11. The number of ether oxygens (including phenoxy) is 1. The molecule has 21 nitrogen and oxygen atoms in total. The summed E-state index contributed by atoms with van der Waals surface area (Å²) < 4.78 is 12.7. The van der Waals surface area contributed by atoms with Gasteiger partial charge in [-0.3, -0.25) is 23.7 Å². The Balaban J connectivity index is 0.00000900.